The number of anilines is 1. The van der Waals surface area contributed by atoms with Gasteiger partial charge in [0.2, 0.25) is 5.91 Å². The summed E-state index contributed by atoms with van der Waals surface area (Å²) in [5, 5.41) is 0.811. The first-order chi connectivity index (χ1) is 13.2. The number of fused-ring (bicyclic) bond motifs is 1. The number of aryl methyl sites for hydroxylation is 1. The fourth-order valence-electron chi connectivity index (χ4n) is 3.77. The van der Waals surface area contributed by atoms with Gasteiger partial charge in [0, 0.05) is 18.3 Å². The molecular formula is C22H25N3OS. The van der Waals surface area contributed by atoms with Crippen LogP contribution in [0.15, 0.2) is 42.7 Å². The minimum absolute atomic E-state index is 0.124. The second-order valence-corrected chi connectivity index (χ2v) is 8.28. The van der Waals surface area contributed by atoms with Crippen LogP contribution in [0.3, 0.4) is 0 Å². The average Bonchev–Trinajstić information content (AvgIpc) is 3.15. The predicted molar refractivity (Wildman–Crippen MR) is 111 cm³/mol. The van der Waals surface area contributed by atoms with Crippen LogP contribution in [0.2, 0.25) is 0 Å². The first kappa shape index (κ1) is 18.1. The monoisotopic (exact) mass is 379 g/mol. The highest BCUT2D eigenvalue weighted by Gasteiger charge is 2.28. The fraction of sp³-hybridized carbons (Fsp3) is 0.409. The number of rotatable bonds is 5. The van der Waals surface area contributed by atoms with Crippen LogP contribution in [0.4, 0.5) is 5.13 Å². The third kappa shape index (κ3) is 4.03. The van der Waals surface area contributed by atoms with E-state index in [-0.39, 0.29) is 11.8 Å². The van der Waals surface area contributed by atoms with Crippen molar-refractivity contribution in [2.24, 2.45) is 5.92 Å². The quantitative estimate of drug-likeness (QED) is 0.599. The molecule has 1 amide bonds. The number of carbonyl (C=O) groups excluding carboxylic acids is 1. The highest BCUT2D eigenvalue weighted by atomic mass is 32.1. The molecule has 0 atom stereocenters. The van der Waals surface area contributed by atoms with E-state index in [1.807, 2.05) is 17.0 Å². The van der Waals surface area contributed by atoms with Crippen molar-refractivity contribution < 1.29 is 4.79 Å². The number of hydrogen-bond donors (Lipinski definition) is 0. The third-order valence-electron chi connectivity index (χ3n) is 5.39. The molecule has 0 spiro atoms. The number of carbonyl (C=O) groups is 1. The van der Waals surface area contributed by atoms with Crippen molar-refractivity contribution in [3.8, 4) is 0 Å². The first-order valence-electron chi connectivity index (χ1n) is 9.84. The minimum Gasteiger partial charge on any atom is -0.283 e. The Morgan fingerprint density at radius 3 is 2.63 bits per heavy atom. The van der Waals surface area contributed by atoms with Gasteiger partial charge >= 0.3 is 0 Å². The van der Waals surface area contributed by atoms with Crippen LogP contribution in [0.5, 0.6) is 0 Å². The zero-order chi connectivity index (χ0) is 18.6. The molecule has 0 N–H and O–H groups in total. The van der Waals surface area contributed by atoms with E-state index in [1.165, 1.54) is 12.0 Å². The van der Waals surface area contributed by atoms with Gasteiger partial charge in [0.15, 0.2) is 5.13 Å². The van der Waals surface area contributed by atoms with Crippen molar-refractivity contribution in [2.45, 2.75) is 52.0 Å². The van der Waals surface area contributed by atoms with E-state index in [0.717, 1.165) is 53.0 Å². The Morgan fingerprint density at radius 1 is 1.11 bits per heavy atom. The van der Waals surface area contributed by atoms with Crippen LogP contribution >= 0.6 is 11.3 Å². The molecule has 1 saturated carbocycles. The lowest BCUT2D eigenvalue weighted by Gasteiger charge is -2.27. The van der Waals surface area contributed by atoms with E-state index in [4.69, 9.17) is 4.98 Å². The molecule has 27 heavy (non-hydrogen) atoms. The second-order valence-electron chi connectivity index (χ2n) is 7.27. The Bertz CT molecular complexity index is 916. The van der Waals surface area contributed by atoms with Crippen molar-refractivity contribution in [1.82, 2.24) is 9.97 Å². The molecule has 3 aromatic rings. The molecule has 1 aromatic carbocycles. The second kappa shape index (κ2) is 8.17. The summed E-state index contributed by atoms with van der Waals surface area (Å²) in [7, 11) is 0. The van der Waals surface area contributed by atoms with E-state index in [0.29, 0.717) is 6.54 Å². The maximum atomic E-state index is 13.4. The number of thiazole rings is 1. The fourth-order valence-corrected chi connectivity index (χ4v) is 4.81. The molecule has 140 valence electrons. The van der Waals surface area contributed by atoms with E-state index in [2.05, 4.69) is 30.1 Å². The number of nitrogens with zero attached hydrogens (tertiary/aromatic N) is 3. The largest absolute Gasteiger partial charge is 0.283 e. The van der Waals surface area contributed by atoms with E-state index >= 15 is 0 Å². The summed E-state index contributed by atoms with van der Waals surface area (Å²) in [5.41, 5.74) is 3.36. The molecule has 1 fully saturated rings. The lowest BCUT2D eigenvalue weighted by molar-refractivity contribution is -0.123. The van der Waals surface area contributed by atoms with Gasteiger partial charge in [0.1, 0.15) is 0 Å². The topological polar surface area (TPSA) is 46.1 Å². The summed E-state index contributed by atoms with van der Waals surface area (Å²) in [5.74, 6) is 0.347. The van der Waals surface area contributed by atoms with Crippen molar-refractivity contribution >= 4 is 32.6 Å². The van der Waals surface area contributed by atoms with Gasteiger partial charge < -0.3 is 0 Å². The highest BCUT2D eigenvalue weighted by molar-refractivity contribution is 7.22. The van der Waals surface area contributed by atoms with Crippen molar-refractivity contribution in [3.05, 3.63) is 53.9 Å². The lowest BCUT2D eigenvalue weighted by Crippen LogP contribution is -2.36. The summed E-state index contributed by atoms with van der Waals surface area (Å²) in [6, 6.07) is 10.4. The van der Waals surface area contributed by atoms with Crippen molar-refractivity contribution in [2.75, 3.05) is 4.90 Å². The summed E-state index contributed by atoms with van der Waals surface area (Å²) in [6.07, 6.45) is 10.1. The Labute approximate surface area is 164 Å². The molecule has 0 bridgehead atoms. The Morgan fingerprint density at radius 2 is 1.89 bits per heavy atom. The molecule has 1 aliphatic carbocycles. The molecule has 0 saturated heterocycles. The molecule has 2 aromatic heterocycles. The van der Waals surface area contributed by atoms with Gasteiger partial charge in [-0.2, -0.15) is 0 Å². The molecule has 2 heterocycles. The van der Waals surface area contributed by atoms with Crippen molar-refractivity contribution in [3.63, 3.8) is 0 Å². The number of benzene rings is 1. The van der Waals surface area contributed by atoms with Gasteiger partial charge in [0.25, 0.3) is 0 Å². The zero-order valence-electron chi connectivity index (χ0n) is 15.7. The maximum Gasteiger partial charge on any atom is 0.232 e. The molecule has 1 aliphatic rings. The van der Waals surface area contributed by atoms with Gasteiger partial charge in [-0.05, 0) is 54.7 Å². The summed E-state index contributed by atoms with van der Waals surface area (Å²) >= 11 is 1.62. The van der Waals surface area contributed by atoms with E-state index < -0.39 is 0 Å². The molecule has 4 rings (SSSR count). The van der Waals surface area contributed by atoms with Crippen LogP contribution in [0.25, 0.3) is 10.2 Å². The zero-order valence-corrected chi connectivity index (χ0v) is 16.5. The first-order valence-corrected chi connectivity index (χ1v) is 10.7. The molecule has 0 aliphatic heterocycles. The maximum absolute atomic E-state index is 13.4. The Hall–Kier alpha value is -2.27. The van der Waals surface area contributed by atoms with Gasteiger partial charge in [-0.25, -0.2) is 4.98 Å². The summed E-state index contributed by atoms with van der Waals surface area (Å²) in [6.45, 7) is 2.71. The highest BCUT2D eigenvalue weighted by Crippen LogP contribution is 2.34. The van der Waals surface area contributed by atoms with Crippen LogP contribution in [-0.4, -0.2) is 15.9 Å². The standard InChI is InChI=1S/C22H25N3OS/c1-2-16-8-9-19-20(14-16)27-22(24-19)25(15-17-10-12-23-13-11-17)21(26)18-6-4-3-5-7-18/h8-14,18H,2-7,15H2,1H3. The number of amides is 1. The molecule has 5 heteroatoms. The Balaban J connectivity index is 1.69. The average molecular weight is 380 g/mol. The lowest BCUT2D eigenvalue weighted by atomic mass is 9.88. The third-order valence-corrected chi connectivity index (χ3v) is 6.43. The van der Waals surface area contributed by atoms with Crippen LogP contribution in [0.1, 0.15) is 50.2 Å². The number of hydrogen-bond acceptors (Lipinski definition) is 4. The minimum atomic E-state index is 0.124. The molecule has 0 radical (unpaired) electrons. The predicted octanol–water partition coefficient (Wildman–Crippen LogP) is 5.37. The smallest absolute Gasteiger partial charge is 0.232 e. The van der Waals surface area contributed by atoms with Gasteiger partial charge in [-0.1, -0.05) is 43.6 Å². The van der Waals surface area contributed by atoms with E-state index in [9.17, 15) is 4.79 Å². The van der Waals surface area contributed by atoms with E-state index in [1.54, 1.807) is 23.7 Å². The summed E-state index contributed by atoms with van der Waals surface area (Å²) < 4.78 is 1.15. The molecule has 4 nitrogen and oxygen atoms in total. The Kier molecular flexibility index (Phi) is 5.48. The molecule has 0 unspecified atom stereocenters. The van der Waals surface area contributed by atoms with Crippen LogP contribution < -0.4 is 4.90 Å². The normalized spacial score (nSPS) is 15.1. The molecular weight excluding hydrogens is 354 g/mol. The van der Waals surface area contributed by atoms with Gasteiger partial charge in [-0.3, -0.25) is 14.7 Å². The summed E-state index contributed by atoms with van der Waals surface area (Å²) in [4.78, 5) is 24.2. The number of aromatic nitrogens is 2. The van der Waals surface area contributed by atoms with Gasteiger partial charge in [0.05, 0.1) is 16.8 Å². The van der Waals surface area contributed by atoms with Crippen LogP contribution in [-0.2, 0) is 17.8 Å². The van der Waals surface area contributed by atoms with Crippen LogP contribution in [0, 0.1) is 5.92 Å². The van der Waals surface area contributed by atoms with Gasteiger partial charge in [-0.15, -0.1) is 0 Å². The SMILES string of the molecule is CCc1ccc2nc(N(Cc3ccncc3)C(=O)C3CCCCC3)sc2c1. The van der Waals surface area contributed by atoms with Crippen molar-refractivity contribution in [1.29, 1.82) is 0 Å². The number of pyridine rings is 1.